The molecule has 0 amide bonds. The Bertz CT molecular complexity index is 532. The highest BCUT2D eigenvalue weighted by Gasteiger charge is 2.06. The van der Waals surface area contributed by atoms with Crippen molar-refractivity contribution in [2.24, 2.45) is 0 Å². The minimum absolute atomic E-state index is 0.181. The zero-order valence-corrected chi connectivity index (χ0v) is 9.42. The summed E-state index contributed by atoms with van der Waals surface area (Å²) in [6, 6.07) is 10.9. The Kier molecular flexibility index (Phi) is 2.65. The normalized spacial score (nSPS) is 10.4. The van der Waals surface area contributed by atoms with Crippen LogP contribution in [0.3, 0.4) is 0 Å². The summed E-state index contributed by atoms with van der Waals surface area (Å²) in [6.45, 7) is 3.70. The van der Waals surface area contributed by atoms with Crippen molar-refractivity contribution in [2.75, 3.05) is 5.73 Å². The molecular weight excluding hydrogens is 201 g/mol. The van der Waals surface area contributed by atoms with E-state index >= 15 is 0 Å². The molecule has 0 spiro atoms. The zero-order valence-electron chi connectivity index (χ0n) is 9.42. The van der Waals surface area contributed by atoms with Crippen LogP contribution in [0.5, 0.6) is 0 Å². The highest BCUT2D eigenvalue weighted by atomic mass is 19.1. The van der Waals surface area contributed by atoms with E-state index in [4.69, 9.17) is 5.73 Å². The second kappa shape index (κ2) is 3.97. The highest BCUT2D eigenvalue weighted by Crippen LogP contribution is 2.27. The largest absolute Gasteiger partial charge is 0.398 e. The summed E-state index contributed by atoms with van der Waals surface area (Å²) in [6.07, 6.45) is 0. The fraction of sp³-hybridized carbons (Fsp3) is 0.143. The number of anilines is 1. The van der Waals surface area contributed by atoms with E-state index in [9.17, 15) is 4.39 Å². The Labute approximate surface area is 94.7 Å². The van der Waals surface area contributed by atoms with Crippen molar-refractivity contribution < 1.29 is 4.39 Å². The molecule has 2 N–H and O–H groups in total. The molecule has 2 aromatic carbocycles. The average Bonchev–Trinajstić information content (AvgIpc) is 2.26. The lowest BCUT2D eigenvalue weighted by Gasteiger charge is -2.09. The van der Waals surface area contributed by atoms with Crippen LogP contribution in [0.4, 0.5) is 10.1 Å². The van der Waals surface area contributed by atoms with Crippen LogP contribution in [0.15, 0.2) is 36.4 Å². The Balaban J connectivity index is 2.59. The van der Waals surface area contributed by atoms with Gasteiger partial charge in [-0.2, -0.15) is 0 Å². The third kappa shape index (κ3) is 1.78. The lowest BCUT2D eigenvalue weighted by atomic mass is 9.98. The van der Waals surface area contributed by atoms with Crippen molar-refractivity contribution in [3.63, 3.8) is 0 Å². The summed E-state index contributed by atoms with van der Waals surface area (Å²) in [4.78, 5) is 0. The monoisotopic (exact) mass is 215 g/mol. The molecule has 0 fully saturated rings. The minimum atomic E-state index is -0.181. The molecule has 0 heterocycles. The van der Waals surface area contributed by atoms with Gasteiger partial charge < -0.3 is 5.73 Å². The average molecular weight is 215 g/mol. The predicted molar refractivity (Wildman–Crippen MR) is 65.7 cm³/mol. The number of rotatable bonds is 1. The van der Waals surface area contributed by atoms with Gasteiger partial charge in [0.15, 0.2) is 0 Å². The van der Waals surface area contributed by atoms with Crippen LogP contribution in [0.2, 0.25) is 0 Å². The number of benzene rings is 2. The Morgan fingerprint density at radius 1 is 1.06 bits per heavy atom. The summed E-state index contributed by atoms with van der Waals surface area (Å²) < 4.78 is 13.5. The van der Waals surface area contributed by atoms with Crippen molar-refractivity contribution in [2.45, 2.75) is 13.8 Å². The molecule has 0 aromatic heterocycles. The van der Waals surface area contributed by atoms with Crippen molar-refractivity contribution >= 4 is 5.69 Å². The van der Waals surface area contributed by atoms with Crippen LogP contribution < -0.4 is 5.73 Å². The second-order valence-corrected chi connectivity index (χ2v) is 3.98. The second-order valence-electron chi connectivity index (χ2n) is 3.98. The third-order valence-electron chi connectivity index (χ3n) is 2.86. The smallest absolute Gasteiger partial charge is 0.126 e. The van der Waals surface area contributed by atoms with Gasteiger partial charge in [-0.15, -0.1) is 0 Å². The summed E-state index contributed by atoms with van der Waals surface area (Å²) >= 11 is 0. The molecule has 16 heavy (non-hydrogen) atoms. The van der Waals surface area contributed by atoms with E-state index in [-0.39, 0.29) is 5.82 Å². The van der Waals surface area contributed by atoms with Crippen LogP contribution in [-0.2, 0) is 0 Å². The molecule has 0 saturated heterocycles. The fourth-order valence-corrected chi connectivity index (χ4v) is 1.73. The molecule has 1 nitrogen and oxygen atoms in total. The summed E-state index contributed by atoms with van der Waals surface area (Å²) in [7, 11) is 0. The van der Waals surface area contributed by atoms with Gasteiger partial charge in [0.2, 0.25) is 0 Å². The molecule has 82 valence electrons. The first-order valence-electron chi connectivity index (χ1n) is 5.21. The maximum atomic E-state index is 13.5. The van der Waals surface area contributed by atoms with E-state index in [0.717, 1.165) is 22.4 Å². The number of nitrogen functional groups attached to an aromatic ring is 1. The first-order chi connectivity index (χ1) is 7.59. The van der Waals surface area contributed by atoms with E-state index in [1.807, 2.05) is 31.2 Å². The van der Waals surface area contributed by atoms with Gasteiger partial charge in [0.25, 0.3) is 0 Å². The quantitative estimate of drug-likeness (QED) is 0.721. The number of nitrogens with two attached hydrogens (primary N) is 1. The Morgan fingerprint density at radius 2 is 1.81 bits per heavy atom. The molecule has 0 atom stereocenters. The highest BCUT2D eigenvalue weighted by molar-refractivity contribution is 5.72. The van der Waals surface area contributed by atoms with Crippen LogP contribution in [0.25, 0.3) is 11.1 Å². The lowest BCUT2D eigenvalue weighted by Crippen LogP contribution is -1.92. The van der Waals surface area contributed by atoms with Gasteiger partial charge in [0.05, 0.1) is 0 Å². The van der Waals surface area contributed by atoms with Gasteiger partial charge in [-0.05, 0) is 48.2 Å². The predicted octanol–water partition coefficient (Wildman–Crippen LogP) is 3.69. The SMILES string of the molecule is Cc1ccc(-c2cccc(N)c2C)cc1F. The molecule has 2 aromatic rings. The molecule has 0 aliphatic rings. The van der Waals surface area contributed by atoms with Crippen molar-refractivity contribution in [3.8, 4) is 11.1 Å². The zero-order chi connectivity index (χ0) is 11.7. The van der Waals surface area contributed by atoms with Gasteiger partial charge >= 0.3 is 0 Å². The molecule has 2 rings (SSSR count). The molecule has 0 aliphatic carbocycles. The molecule has 0 radical (unpaired) electrons. The van der Waals surface area contributed by atoms with Crippen LogP contribution in [-0.4, -0.2) is 0 Å². The third-order valence-corrected chi connectivity index (χ3v) is 2.86. The molecule has 0 unspecified atom stereocenters. The van der Waals surface area contributed by atoms with E-state index in [1.54, 1.807) is 19.1 Å². The van der Waals surface area contributed by atoms with Gasteiger partial charge in [-0.1, -0.05) is 24.3 Å². The summed E-state index contributed by atoms with van der Waals surface area (Å²) in [5.74, 6) is -0.181. The van der Waals surface area contributed by atoms with Gasteiger partial charge in [-0.3, -0.25) is 0 Å². The Hall–Kier alpha value is -1.83. The molecule has 0 aliphatic heterocycles. The maximum Gasteiger partial charge on any atom is 0.126 e. The van der Waals surface area contributed by atoms with E-state index in [2.05, 4.69) is 0 Å². The fourth-order valence-electron chi connectivity index (χ4n) is 1.73. The number of halogens is 1. The Morgan fingerprint density at radius 3 is 2.50 bits per heavy atom. The lowest BCUT2D eigenvalue weighted by molar-refractivity contribution is 0.619. The molecule has 0 bridgehead atoms. The van der Waals surface area contributed by atoms with Gasteiger partial charge in [0.1, 0.15) is 5.82 Å². The van der Waals surface area contributed by atoms with Crippen molar-refractivity contribution in [1.82, 2.24) is 0 Å². The van der Waals surface area contributed by atoms with Crippen LogP contribution >= 0.6 is 0 Å². The van der Waals surface area contributed by atoms with E-state index < -0.39 is 0 Å². The van der Waals surface area contributed by atoms with Crippen LogP contribution in [0.1, 0.15) is 11.1 Å². The summed E-state index contributed by atoms with van der Waals surface area (Å²) in [5, 5.41) is 0. The van der Waals surface area contributed by atoms with Crippen molar-refractivity contribution in [3.05, 3.63) is 53.3 Å². The number of hydrogen-bond acceptors (Lipinski definition) is 1. The number of hydrogen-bond donors (Lipinski definition) is 1. The van der Waals surface area contributed by atoms with E-state index in [1.165, 1.54) is 0 Å². The molecule has 2 heteroatoms. The first kappa shape index (κ1) is 10.7. The summed E-state index contributed by atoms with van der Waals surface area (Å²) in [5.41, 5.74) is 10.1. The van der Waals surface area contributed by atoms with Crippen molar-refractivity contribution in [1.29, 1.82) is 0 Å². The topological polar surface area (TPSA) is 26.0 Å². The maximum absolute atomic E-state index is 13.5. The van der Waals surface area contributed by atoms with Gasteiger partial charge in [-0.25, -0.2) is 4.39 Å². The minimum Gasteiger partial charge on any atom is -0.398 e. The van der Waals surface area contributed by atoms with E-state index in [0.29, 0.717) is 5.56 Å². The van der Waals surface area contributed by atoms with Crippen LogP contribution in [0, 0.1) is 19.7 Å². The first-order valence-corrected chi connectivity index (χ1v) is 5.21. The standard InChI is InChI=1S/C14H14FN/c1-9-6-7-11(8-13(9)15)12-4-3-5-14(16)10(12)2/h3-8H,16H2,1-2H3. The molecule has 0 saturated carbocycles. The van der Waals surface area contributed by atoms with Gasteiger partial charge in [0, 0.05) is 5.69 Å². The number of aryl methyl sites for hydroxylation is 1. The molecular formula is C14H14FN.